The van der Waals surface area contributed by atoms with Crippen LogP contribution < -0.4 is 4.74 Å². The van der Waals surface area contributed by atoms with Gasteiger partial charge in [0.25, 0.3) is 0 Å². The Kier molecular flexibility index (Phi) is 6.13. The Balaban J connectivity index is 1.23. The molecule has 0 bridgehead atoms. The van der Waals surface area contributed by atoms with Crippen molar-refractivity contribution in [2.24, 2.45) is 5.92 Å². The van der Waals surface area contributed by atoms with Crippen LogP contribution in [0, 0.1) is 5.92 Å². The van der Waals surface area contributed by atoms with Crippen molar-refractivity contribution in [2.75, 3.05) is 26.2 Å². The van der Waals surface area contributed by atoms with Gasteiger partial charge < -0.3 is 9.84 Å². The van der Waals surface area contributed by atoms with E-state index in [0.29, 0.717) is 17.7 Å². The van der Waals surface area contributed by atoms with Gasteiger partial charge in [0.1, 0.15) is 17.2 Å². The summed E-state index contributed by atoms with van der Waals surface area (Å²) in [5, 5.41) is 10.1. The number of hydrogen-bond donors (Lipinski definition) is 1. The Hall–Kier alpha value is -2.82. The minimum atomic E-state index is 0.0827. The van der Waals surface area contributed by atoms with Crippen molar-refractivity contribution in [1.29, 1.82) is 0 Å². The molecule has 2 aliphatic rings. The van der Waals surface area contributed by atoms with Gasteiger partial charge in [-0.2, -0.15) is 0 Å². The lowest BCUT2D eigenvalue weighted by Crippen LogP contribution is -2.60. The van der Waals surface area contributed by atoms with E-state index in [4.69, 9.17) is 4.74 Å². The number of rotatable bonds is 5. The molecule has 3 aromatic rings. The van der Waals surface area contributed by atoms with Gasteiger partial charge in [-0.15, -0.1) is 0 Å². The minimum absolute atomic E-state index is 0.0827. The van der Waals surface area contributed by atoms with Crippen LogP contribution in [0.1, 0.15) is 31.4 Å². The second-order valence-electron chi connectivity index (χ2n) is 10.0. The summed E-state index contributed by atoms with van der Waals surface area (Å²) in [6.07, 6.45) is 1.12. The number of fused-ring (bicyclic) bond motifs is 1. The zero-order chi connectivity index (χ0) is 22.8. The maximum absolute atomic E-state index is 10.1. The van der Waals surface area contributed by atoms with Gasteiger partial charge in [-0.05, 0) is 65.3 Å². The van der Waals surface area contributed by atoms with Crippen molar-refractivity contribution in [3.8, 4) is 17.2 Å². The second kappa shape index (κ2) is 9.20. The monoisotopic (exact) mass is 442 g/mol. The Bertz CT molecular complexity index is 1070. The quantitative estimate of drug-likeness (QED) is 0.552. The molecular weight excluding hydrogens is 408 g/mol. The van der Waals surface area contributed by atoms with Gasteiger partial charge in [0.2, 0.25) is 0 Å². The van der Waals surface area contributed by atoms with Crippen LogP contribution in [0.4, 0.5) is 0 Å². The van der Waals surface area contributed by atoms with Crippen molar-refractivity contribution >= 4 is 0 Å². The predicted octanol–water partition coefficient (Wildman–Crippen LogP) is 5.67. The number of phenolic OH excluding ortho intramolecular Hbond substituents is 1. The van der Waals surface area contributed by atoms with Gasteiger partial charge in [0.15, 0.2) is 0 Å². The Morgan fingerprint density at radius 2 is 1.67 bits per heavy atom. The molecule has 0 aliphatic carbocycles. The molecule has 0 aromatic heterocycles. The number of benzene rings is 3. The van der Waals surface area contributed by atoms with Crippen LogP contribution in [0.3, 0.4) is 0 Å². The van der Waals surface area contributed by atoms with Crippen molar-refractivity contribution in [3.63, 3.8) is 0 Å². The lowest BCUT2D eigenvalue weighted by molar-refractivity contribution is -0.00558. The first kappa shape index (κ1) is 22.0. The van der Waals surface area contributed by atoms with Crippen molar-refractivity contribution < 1.29 is 9.84 Å². The summed E-state index contributed by atoms with van der Waals surface area (Å²) in [5.74, 6) is 2.66. The first-order chi connectivity index (χ1) is 16.0. The molecule has 5 rings (SSSR count). The van der Waals surface area contributed by atoms with Crippen LogP contribution in [-0.4, -0.2) is 47.1 Å². The second-order valence-corrected chi connectivity index (χ2v) is 10.0. The van der Waals surface area contributed by atoms with Gasteiger partial charge >= 0.3 is 0 Å². The van der Waals surface area contributed by atoms with Crippen LogP contribution in [-0.2, 0) is 12.0 Å². The molecule has 4 nitrogen and oxygen atoms in total. The summed E-state index contributed by atoms with van der Waals surface area (Å²) in [6.45, 7) is 10.2. The Labute approximate surface area is 197 Å². The normalized spacial score (nSPS) is 26.0. The summed E-state index contributed by atoms with van der Waals surface area (Å²) >= 11 is 0. The summed E-state index contributed by atoms with van der Waals surface area (Å²) in [5.41, 5.74) is 2.67. The van der Waals surface area contributed by atoms with E-state index in [1.807, 2.05) is 42.5 Å². The van der Waals surface area contributed by atoms with Gasteiger partial charge in [-0.3, -0.25) is 9.80 Å². The molecular formula is C29H34N2O2. The molecule has 2 fully saturated rings. The standard InChI is InChI=1S/C29H34N2O2/c1-22-19-31-16-15-30(21-25(31)18-29(22,2)24-7-6-8-26(32)17-24)20-23-11-13-28(14-12-23)33-27-9-4-3-5-10-27/h3-14,17,22,25,32H,15-16,18-21H2,1-2H3/t22?,25?,29-/m1/s1. The molecule has 2 aliphatic heterocycles. The number of piperazine rings is 1. The number of hydrogen-bond acceptors (Lipinski definition) is 4. The molecule has 0 amide bonds. The van der Waals surface area contributed by atoms with Crippen LogP contribution in [0.5, 0.6) is 17.2 Å². The molecule has 2 saturated heterocycles. The molecule has 0 radical (unpaired) electrons. The predicted molar refractivity (Wildman–Crippen MR) is 133 cm³/mol. The summed E-state index contributed by atoms with van der Waals surface area (Å²) in [7, 11) is 0. The van der Waals surface area contributed by atoms with Gasteiger partial charge in [-0.1, -0.05) is 56.3 Å². The third-order valence-electron chi connectivity index (χ3n) is 7.76. The van der Waals surface area contributed by atoms with E-state index in [0.717, 1.165) is 50.6 Å². The van der Waals surface area contributed by atoms with Crippen LogP contribution in [0.25, 0.3) is 0 Å². The van der Waals surface area contributed by atoms with E-state index in [1.54, 1.807) is 6.07 Å². The highest BCUT2D eigenvalue weighted by molar-refractivity contribution is 5.35. The maximum atomic E-state index is 10.1. The molecule has 0 saturated carbocycles. The van der Waals surface area contributed by atoms with Crippen molar-refractivity contribution in [2.45, 2.75) is 38.3 Å². The number of ether oxygens (including phenoxy) is 1. The van der Waals surface area contributed by atoms with E-state index >= 15 is 0 Å². The van der Waals surface area contributed by atoms with Crippen LogP contribution in [0.2, 0.25) is 0 Å². The van der Waals surface area contributed by atoms with Gasteiger partial charge in [0.05, 0.1) is 0 Å². The maximum Gasteiger partial charge on any atom is 0.127 e. The average molecular weight is 443 g/mol. The van der Waals surface area contributed by atoms with E-state index in [9.17, 15) is 5.11 Å². The third kappa shape index (κ3) is 4.78. The molecule has 4 heteroatoms. The topological polar surface area (TPSA) is 35.9 Å². The summed E-state index contributed by atoms with van der Waals surface area (Å²) in [4.78, 5) is 5.27. The first-order valence-electron chi connectivity index (χ1n) is 12.1. The molecule has 33 heavy (non-hydrogen) atoms. The fourth-order valence-corrected chi connectivity index (χ4v) is 5.59. The molecule has 1 N–H and O–H groups in total. The fraction of sp³-hybridized carbons (Fsp3) is 0.379. The number of piperidine rings is 1. The Morgan fingerprint density at radius 1 is 0.909 bits per heavy atom. The van der Waals surface area contributed by atoms with E-state index in [1.165, 1.54) is 11.1 Å². The molecule has 3 atom stereocenters. The third-order valence-corrected chi connectivity index (χ3v) is 7.76. The highest BCUT2D eigenvalue weighted by Crippen LogP contribution is 2.43. The number of para-hydroxylation sites is 1. The smallest absolute Gasteiger partial charge is 0.127 e. The molecule has 2 heterocycles. The highest BCUT2D eigenvalue weighted by atomic mass is 16.5. The van der Waals surface area contributed by atoms with Crippen molar-refractivity contribution in [3.05, 3.63) is 90.0 Å². The lowest BCUT2D eigenvalue weighted by atomic mass is 9.65. The average Bonchev–Trinajstić information content (AvgIpc) is 2.82. The zero-order valence-corrected chi connectivity index (χ0v) is 19.7. The van der Waals surface area contributed by atoms with Gasteiger partial charge in [0, 0.05) is 38.8 Å². The molecule has 172 valence electrons. The largest absolute Gasteiger partial charge is 0.508 e. The molecule has 3 aromatic carbocycles. The summed E-state index contributed by atoms with van der Waals surface area (Å²) < 4.78 is 5.94. The van der Waals surface area contributed by atoms with E-state index in [-0.39, 0.29) is 5.41 Å². The summed E-state index contributed by atoms with van der Waals surface area (Å²) in [6, 6.07) is 26.9. The number of phenols is 1. The van der Waals surface area contributed by atoms with Gasteiger partial charge in [-0.25, -0.2) is 0 Å². The lowest BCUT2D eigenvalue weighted by Gasteiger charge is -2.53. The Morgan fingerprint density at radius 3 is 2.42 bits per heavy atom. The zero-order valence-electron chi connectivity index (χ0n) is 19.7. The van der Waals surface area contributed by atoms with E-state index < -0.39 is 0 Å². The van der Waals surface area contributed by atoms with E-state index in [2.05, 4.69) is 54.0 Å². The first-order valence-corrected chi connectivity index (χ1v) is 12.1. The molecule has 0 spiro atoms. The number of aromatic hydroxyl groups is 1. The fourth-order valence-electron chi connectivity index (χ4n) is 5.59. The SMILES string of the molecule is CC1CN2CCN(Cc3ccc(Oc4ccccc4)cc3)CC2C[C@@]1(C)c1cccc(O)c1. The van der Waals surface area contributed by atoms with Crippen LogP contribution in [0.15, 0.2) is 78.9 Å². The number of nitrogens with zero attached hydrogens (tertiary/aromatic N) is 2. The van der Waals surface area contributed by atoms with Crippen LogP contribution >= 0.6 is 0 Å². The molecule has 2 unspecified atom stereocenters. The highest BCUT2D eigenvalue weighted by Gasteiger charge is 2.44. The minimum Gasteiger partial charge on any atom is -0.508 e. The van der Waals surface area contributed by atoms with Crippen molar-refractivity contribution in [1.82, 2.24) is 9.80 Å².